The van der Waals surface area contributed by atoms with Crippen LogP contribution in [-0.2, 0) is 0 Å². The molecule has 104 valence electrons. The quantitative estimate of drug-likeness (QED) is 0.743. The second-order valence-electron chi connectivity index (χ2n) is 5.24. The van der Waals surface area contributed by atoms with Crippen molar-refractivity contribution >= 4 is 0 Å². The molecule has 0 unspecified atom stereocenters. The maximum atomic E-state index is 6.60. The minimum absolute atomic E-state index is 0.0593. The summed E-state index contributed by atoms with van der Waals surface area (Å²) in [7, 11) is 0. The van der Waals surface area contributed by atoms with E-state index in [0.717, 1.165) is 5.56 Å². The lowest BCUT2D eigenvalue weighted by Crippen LogP contribution is -2.20. The largest absolute Gasteiger partial charge is 0.323 e. The highest BCUT2D eigenvalue weighted by molar-refractivity contribution is 5.37. The van der Waals surface area contributed by atoms with Crippen molar-refractivity contribution in [1.82, 2.24) is 0 Å². The number of nitrogens with two attached hydrogens (primary N) is 1. The van der Waals surface area contributed by atoms with Gasteiger partial charge in [0.05, 0.1) is 0 Å². The Morgan fingerprint density at radius 2 is 0.810 bits per heavy atom. The van der Waals surface area contributed by atoms with Gasteiger partial charge in [-0.05, 0) is 16.7 Å². The van der Waals surface area contributed by atoms with Crippen LogP contribution in [0, 0.1) is 0 Å². The van der Waals surface area contributed by atoms with E-state index in [9.17, 15) is 0 Å². The lowest BCUT2D eigenvalue weighted by atomic mass is 9.82. The Labute approximate surface area is 126 Å². The summed E-state index contributed by atoms with van der Waals surface area (Å²) < 4.78 is 0. The third-order valence-electron chi connectivity index (χ3n) is 3.86. The van der Waals surface area contributed by atoms with Crippen LogP contribution in [0.4, 0.5) is 0 Å². The molecule has 1 atom stereocenters. The fraction of sp³-hybridized carbons (Fsp3) is 0.100. The average Bonchev–Trinajstić information content (AvgIpc) is 2.58. The molecule has 0 aliphatic carbocycles. The van der Waals surface area contributed by atoms with Crippen LogP contribution in [0.15, 0.2) is 91.0 Å². The Balaban J connectivity index is 2.05. The Hall–Kier alpha value is -2.38. The molecule has 21 heavy (non-hydrogen) atoms. The van der Waals surface area contributed by atoms with Crippen LogP contribution in [0.3, 0.4) is 0 Å². The third kappa shape index (κ3) is 3.04. The van der Waals surface area contributed by atoms with E-state index in [0.29, 0.717) is 0 Å². The number of benzene rings is 3. The lowest BCUT2D eigenvalue weighted by Gasteiger charge is -2.25. The van der Waals surface area contributed by atoms with E-state index in [4.69, 9.17) is 5.73 Å². The van der Waals surface area contributed by atoms with Gasteiger partial charge in [0.2, 0.25) is 0 Å². The van der Waals surface area contributed by atoms with Gasteiger partial charge in [-0.25, -0.2) is 0 Å². The Morgan fingerprint density at radius 3 is 1.19 bits per heavy atom. The topological polar surface area (TPSA) is 26.0 Å². The Morgan fingerprint density at radius 1 is 0.476 bits per heavy atom. The fourth-order valence-electron chi connectivity index (χ4n) is 2.80. The molecular formula is C20H19N. The summed E-state index contributed by atoms with van der Waals surface area (Å²) in [4.78, 5) is 0. The molecule has 1 nitrogen and oxygen atoms in total. The summed E-state index contributed by atoms with van der Waals surface area (Å²) in [6.07, 6.45) is 0. The highest BCUT2D eigenvalue weighted by Crippen LogP contribution is 2.34. The van der Waals surface area contributed by atoms with Gasteiger partial charge in [0, 0.05) is 12.0 Å². The minimum Gasteiger partial charge on any atom is -0.323 e. The molecule has 2 N–H and O–H groups in total. The van der Waals surface area contributed by atoms with Crippen LogP contribution in [0.2, 0.25) is 0 Å². The summed E-state index contributed by atoms with van der Waals surface area (Å²) in [6.45, 7) is 0. The van der Waals surface area contributed by atoms with E-state index < -0.39 is 0 Å². The number of hydrogen-bond acceptors (Lipinski definition) is 1. The van der Waals surface area contributed by atoms with Gasteiger partial charge in [0.15, 0.2) is 0 Å². The summed E-state index contributed by atoms with van der Waals surface area (Å²) >= 11 is 0. The maximum absolute atomic E-state index is 6.60. The molecule has 0 spiro atoms. The van der Waals surface area contributed by atoms with Gasteiger partial charge < -0.3 is 5.73 Å². The maximum Gasteiger partial charge on any atom is 0.0405 e. The van der Waals surface area contributed by atoms with Gasteiger partial charge in [-0.1, -0.05) is 91.0 Å². The van der Waals surface area contributed by atoms with Crippen molar-refractivity contribution in [1.29, 1.82) is 0 Å². The zero-order valence-corrected chi connectivity index (χ0v) is 11.9. The van der Waals surface area contributed by atoms with Gasteiger partial charge in [0.1, 0.15) is 0 Å². The molecule has 3 rings (SSSR count). The van der Waals surface area contributed by atoms with E-state index >= 15 is 0 Å². The van der Waals surface area contributed by atoms with Gasteiger partial charge in [-0.15, -0.1) is 0 Å². The molecule has 3 aromatic rings. The van der Waals surface area contributed by atoms with Crippen molar-refractivity contribution in [2.24, 2.45) is 5.73 Å². The van der Waals surface area contributed by atoms with Crippen LogP contribution in [0.5, 0.6) is 0 Å². The monoisotopic (exact) mass is 273 g/mol. The van der Waals surface area contributed by atoms with Gasteiger partial charge >= 0.3 is 0 Å². The number of rotatable bonds is 4. The first-order valence-corrected chi connectivity index (χ1v) is 7.26. The first-order valence-electron chi connectivity index (χ1n) is 7.26. The lowest BCUT2D eigenvalue weighted by molar-refractivity contribution is 0.629. The standard InChI is InChI=1S/C20H19N/c21-20(18-14-8-3-9-15-18)19(16-10-4-1-5-11-16)17-12-6-2-7-13-17/h1-15,19-20H,21H2/t20-/m1/s1. The first kappa shape index (κ1) is 13.6. The smallest absolute Gasteiger partial charge is 0.0405 e. The molecule has 1 heteroatoms. The van der Waals surface area contributed by atoms with E-state index in [2.05, 4.69) is 60.7 Å². The second-order valence-corrected chi connectivity index (χ2v) is 5.24. The zero-order chi connectivity index (χ0) is 14.5. The van der Waals surface area contributed by atoms with Gasteiger partial charge in [-0.2, -0.15) is 0 Å². The van der Waals surface area contributed by atoms with Crippen LogP contribution in [-0.4, -0.2) is 0 Å². The third-order valence-corrected chi connectivity index (χ3v) is 3.86. The van der Waals surface area contributed by atoms with Gasteiger partial charge in [-0.3, -0.25) is 0 Å². The van der Waals surface area contributed by atoms with Crippen molar-refractivity contribution in [3.63, 3.8) is 0 Å². The molecule has 0 amide bonds. The van der Waals surface area contributed by atoms with Crippen molar-refractivity contribution < 1.29 is 0 Å². The summed E-state index contributed by atoms with van der Waals surface area (Å²) in [5.74, 6) is 0.162. The normalized spacial score (nSPS) is 12.3. The Kier molecular flexibility index (Phi) is 4.13. The van der Waals surface area contributed by atoms with E-state index in [-0.39, 0.29) is 12.0 Å². The van der Waals surface area contributed by atoms with Crippen molar-refractivity contribution in [2.45, 2.75) is 12.0 Å². The van der Waals surface area contributed by atoms with Crippen LogP contribution in [0.1, 0.15) is 28.7 Å². The molecule has 0 aliphatic rings. The molecule has 0 radical (unpaired) electrons. The second kappa shape index (κ2) is 6.38. The molecule has 0 aromatic heterocycles. The van der Waals surface area contributed by atoms with Crippen LogP contribution < -0.4 is 5.73 Å². The molecule has 0 fully saturated rings. The SMILES string of the molecule is N[C@H](c1ccccc1)C(c1ccccc1)c1ccccc1. The number of hydrogen-bond donors (Lipinski definition) is 1. The van der Waals surface area contributed by atoms with Gasteiger partial charge in [0.25, 0.3) is 0 Å². The predicted octanol–water partition coefficient (Wildman–Crippen LogP) is 4.52. The van der Waals surface area contributed by atoms with Crippen LogP contribution in [0.25, 0.3) is 0 Å². The summed E-state index contributed by atoms with van der Waals surface area (Å²) in [6, 6.07) is 31.2. The van der Waals surface area contributed by atoms with Crippen molar-refractivity contribution in [3.05, 3.63) is 108 Å². The predicted molar refractivity (Wildman–Crippen MR) is 88.1 cm³/mol. The molecule has 3 aromatic carbocycles. The van der Waals surface area contributed by atoms with E-state index in [1.165, 1.54) is 11.1 Å². The van der Waals surface area contributed by atoms with E-state index in [1.807, 2.05) is 30.3 Å². The fourth-order valence-corrected chi connectivity index (χ4v) is 2.80. The molecule has 0 heterocycles. The molecular weight excluding hydrogens is 254 g/mol. The molecule has 0 bridgehead atoms. The average molecular weight is 273 g/mol. The molecule has 0 saturated heterocycles. The molecule has 0 saturated carbocycles. The first-order chi connectivity index (χ1) is 10.4. The highest BCUT2D eigenvalue weighted by Gasteiger charge is 2.22. The summed E-state index contributed by atoms with van der Waals surface area (Å²) in [5.41, 5.74) is 10.3. The van der Waals surface area contributed by atoms with Crippen molar-refractivity contribution in [2.75, 3.05) is 0 Å². The summed E-state index contributed by atoms with van der Waals surface area (Å²) in [5, 5.41) is 0. The van der Waals surface area contributed by atoms with E-state index in [1.54, 1.807) is 0 Å². The van der Waals surface area contributed by atoms with Crippen LogP contribution >= 0.6 is 0 Å². The minimum atomic E-state index is -0.0593. The zero-order valence-electron chi connectivity index (χ0n) is 11.9. The molecule has 0 aliphatic heterocycles. The Bertz CT molecular complexity index is 622. The highest BCUT2D eigenvalue weighted by atomic mass is 14.7. The van der Waals surface area contributed by atoms with Crippen molar-refractivity contribution in [3.8, 4) is 0 Å².